The van der Waals surface area contributed by atoms with Crippen molar-refractivity contribution in [1.29, 1.82) is 0 Å². The SMILES string of the molecule is CCOC(=O)CC1CCN(c2ncnc3sc(C)cc23)CC1. The smallest absolute Gasteiger partial charge is 0.306 e. The molecule has 2 aromatic heterocycles. The molecule has 0 N–H and O–H groups in total. The van der Waals surface area contributed by atoms with Gasteiger partial charge >= 0.3 is 5.97 Å². The highest BCUT2D eigenvalue weighted by Crippen LogP contribution is 2.32. The topological polar surface area (TPSA) is 55.3 Å². The zero-order chi connectivity index (χ0) is 15.5. The fourth-order valence-electron chi connectivity index (χ4n) is 3.02. The molecule has 0 radical (unpaired) electrons. The van der Waals surface area contributed by atoms with Crippen LogP contribution in [0.4, 0.5) is 5.82 Å². The lowest BCUT2D eigenvalue weighted by Gasteiger charge is -2.32. The average Bonchev–Trinajstić information content (AvgIpc) is 2.88. The normalized spacial score (nSPS) is 16.2. The lowest BCUT2D eigenvalue weighted by molar-refractivity contribution is -0.144. The van der Waals surface area contributed by atoms with E-state index < -0.39 is 0 Å². The molecule has 0 unspecified atom stereocenters. The monoisotopic (exact) mass is 319 g/mol. The van der Waals surface area contributed by atoms with E-state index in [4.69, 9.17) is 4.74 Å². The van der Waals surface area contributed by atoms with Crippen LogP contribution in [0.15, 0.2) is 12.4 Å². The number of aromatic nitrogens is 2. The summed E-state index contributed by atoms with van der Waals surface area (Å²) in [6.07, 6.45) is 4.21. The third-order valence-electron chi connectivity index (χ3n) is 4.11. The van der Waals surface area contributed by atoms with E-state index in [0.717, 1.165) is 42.0 Å². The quantitative estimate of drug-likeness (QED) is 0.810. The first-order valence-corrected chi connectivity index (χ1v) is 8.60. The van der Waals surface area contributed by atoms with E-state index in [1.54, 1.807) is 17.7 Å². The summed E-state index contributed by atoms with van der Waals surface area (Å²) < 4.78 is 5.04. The largest absolute Gasteiger partial charge is 0.466 e. The second kappa shape index (κ2) is 6.60. The summed E-state index contributed by atoms with van der Waals surface area (Å²) >= 11 is 1.71. The Kier molecular flexibility index (Phi) is 4.57. The summed E-state index contributed by atoms with van der Waals surface area (Å²) in [5.41, 5.74) is 0. The molecule has 0 aliphatic carbocycles. The Morgan fingerprint density at radius 3 is 2.91 bits per heavy atom. The Hall–Kier alpha value is -1.69. The average molecular weight is 319 g/mol. The summed E-state index contributed by atoms with van der Waals surface area (Å²) in [6.45, 7) is 6.29. The number of aryl methyl sites for hydroxylation is 1. The van der Waals surface area contributed by atoms with Crippen LogP contribution >= 0.6 is 11.3 Å². The number of nitrogens with zero attached hydrogens (tertiary/aromatic N) is 3. The Balaban J connectivity index is 1.67. The van der Waals surface area contributed by atoms with E-state index in [2.05, 4.69) is 27.9 Å². The molecule has 3 rings (SSSR count). The predicted molar refractivity (Wildman–Crippen MR) is 88.3 cm³/mol. The maximum atomic E-state index is 11.6. The number of esters is 1. The maximum absolute atomic E-state index is 11.6. The van der Waals surface area contributed by atoms with Gasteiger partial charge in [-0.3, -0.25) is 4.79 Å². The van der Waals surface area contributed by atoms with Crippen molar-refractivity contribution in [2.45, 2.75) is 33.1 Å². The number of hydrogen-bond donors (Lipinski definition) is 0. The lowest BCUT2D eigenvalue weighted by atomic mass is 9.93. The molecule has 118 valence electrons. The Morgan fingerprint density at radius 1 is 1.41 bits per heavy atom. The summed E-state index contributed by atoms with van der Waals surface area (Å²) in [7, 11) is 0. The number of thiophene rings is 1. The number of fused-ring (bicyclic) bond motifs is 1. The molecular weight excluding hydrogens is 298 g/mol. The van der Waals surface area contributed by atoms with E-state index in [1.165, 1.54) is 4.88 Å². The van der Waals surface area contributed by atoms with E-state index in [9.17, 15) is 4.79 Å². The van der Waals surface area contributed by atoms with Crippen molar-refractivity contribution >= 4 is 33.3 Å². The van der Waals surface area contributed by atoms with Gasteiger partial charge in [0, 0.05) is 24.4 Å². The fraction of sp³-hybridized carbons (Fsp3) is 0.562. The molecule has 5 nitrogen and oxygen atoms in total. The van der Waals surface area contributed by atoms with E-state index >= 15 is 0 Å². The molecule has 1 aliphatic rings. The summed E-state index contributed by atoms with van der Waals surface area (Å²) in [5, 5.41) is 1.15. The molecule has 1 fully saturated rings. The van der Waals surface area contributed by atoms with Crippen molar-refractivity contribution in [3.63, 3.8) is 0 Å². The van der Waals surface area contributed by atoms with Crippen molar-refractivity contribution in [3.8, 4) is 0 Å². The first kappa shape index (κ1) is 15.2. The Labute approximate surface area is 134 Å². The van der Waals surface area contributed by atoms with Crippen molar-refractivity contribution in [2.24, 2.45) is 5.92 Å². The van der Waals surface area contributed by atoms with Gasteiger partial charge in [-0.2, -0.15) is 0 Å². The van der Waals surface area contributed by atoms with Crippen molar-refractivity contribution in [1.82, 2.24) is 9.97 Å². The molecule has 1 saturated heterocycles. The summed E-state index contributed by atoms with van der Waals surface area (Å²) in [6, 6.07) is 2.17. The van der Waals surface area contributed by atoms with Crippen molar-refractivity contribution in [2.75, 3.05) is 24.6 Å². The standard InChI is InChI=1S/C16H21N3O2S/c1-3-21-14(20)9-12-4-6-19(7-5-12)15-13-8-11(2)22-16(13)18-10-17-15/h8,10,12H,3-7,9H2,1-2H3. The van der Waals surface area contributed by atoms with Gasteiger partial charge in [0.05, 0.1) is 12.0 Å². The molecule has 0 aromatic carbocycles. The summed E-state index contributed by atoms with van der Waals surface area (Å²) in [4.78, 5) is 25.1. The molecule has 22 heavy (non-hydrogen) atoms. The Morgan fingerprint density at radius 2 is 2.18 bits per heavy atom. The van der Waals surface area contributed by atoms with Crippen LogP contribution in [-0.4, -0.2) is 35.6 Å². The number of anilines is 1. The van der Waals surface area contributed by atoms with Crippen LogP contribution in [0.5, 0.6) is 0 Å². The highest BCUT2D eigenvalue weighted by Gasteiger charge is 2.24. The van der Waals surface area contributed by atoms with Crippen LogP contribution in [0.3, 0.4) is 0 Å². The first-order chi connectivity index (χ1) is 10.7. The number of rotatable bonds is 4. The van der Waals surface area contributed by atoms with Gasteiger partial charge in [-0.15, -0.1) is 11.3 Å². The number of carbonyl (C=O) groups is 1. The molecule has 0 atom stereocenters. The number of carbonyl (C=O) groups excluding carboxylic acids is 1. The van der Waals surface area contributed by atoms with Crippen molar-refractivity contribution in [3.05, 3.63) is 17.3 Å². The van der Waals surface area contributed by atoms with E-state index in [0.29, 0.717) is 18.9 Å². The van der Waals surface area contributed by atoms with Gasteiger partial charge in [0.25, 0.3) is 0 Å². The van der Waals surface area contributed by atoms with E-state index in [-0.39, 0.29) is 5.97 Å². The second-order valence-corrected chi connectivity index (χ2v) is 6.95. The minimum Gasteiger partial charge on any atom is -0.466 e. The lowest BCUT2D eigenvalue weighted by Crippen LogP contribution is -2.35. The van der Waals surface area contributed by atoms with Gasteiger partial charge in [-0.1, -0.05) is 0 Å². The maximum Gasteiger partial charge on any atom is 0.306 e. The predicted octanol–water partition coefficient (Wildman–Crippen LogP) is 3.17. The van der Waals surface area contributed by atoms with Crippen LogP contribution in [0.25, 0.3) is 10.2 Å². The third kappa shape index (κ3) is 3.21. The van der Waals surface area contributed by atoms with Crippen LogP contribution < -0.4 is 4.90 Å². The fourth-order valence-corrected chi connectivity index (χ4v) is 3.86. The van der Waals surface area contributed by atoms with Gasteiger partial charge in [0.2, 0.25) is 0 Å². The molecule has 0 spiro atoms. The van der Waals surface area contributed by atoms with Gasteiger partial charge < -0.3 is 9.64 Å². The number of ether oxygens (including phenoxy) is 1. The van der Waals surface area contributed by atoms with Crippen LogP contribution in [-0.2, 0) is 9.53 Å². The minimum atomic E-state index is -0.0705. The molecular formula is C16H21N3O2S. The van der Waals surface area contributed by atoms with Crippen LogP contribution in [0.1, 0.15) is 31.1 Å². The van der Waals surface area contributed by atoms with Crippen LogP contribution in [0.2, 0.25) is 0 Å². The van der Waals surface area contributed by atoms with Crippen LogP contribution in [0, 0.1) is 12.8 Å². The molecule has 1 aliphatic heterocycles. The highest BCUT2D eigenvalue weighted by atomic mass is 32.1. The highest BCUT2D eigenvalue weighted by molar-refractivity contribution is 7.18. The Bertz CT molecular complexity index is 662. The third-order valence-corrected chi connectivity index (χ3v) is 5.06. The van der Waals surface area contributed by atoms with Crippen molar-refractivity contribution < 1.29 is 9.53 Å². The minimum absolute atomic E-state index is 0.0705. The zero-order valence-electron chi connectivity index (χ0n) is 13.0. The second-order valence-electron chi connectivity index (χ2n) is 5.71. The van der Waals surface area contributed by atoms with Gasteiger partial charge in [-0.05, 0) is 38.7 Å². The molecule has 0 saturated carbocycles. The van der Waals surface area contributed by atoms with Gasteiger partial charge in [-0.25, -0.2) is 9.97 Å². The van der Waals surface area contributed by atoms with E-state index in [1.807, 2.05) is 6.92 Å². The molecule has 6 heteroatoms. The molecule has 0 amide bonds. The molecule has 2 aromatic rings. The number of piperidine rings is 1. The molecule has 3 heterocycles. The first-order valence-electron chi connectivity index (χ1n) is 7.79. The van der Waals surface area contributed by atoms with Gasteiger partial charge in [0.1, 0.15) is 17.0 Å². The summed E-state index contributed by atoms with van der Waals surface area (Å²) in [5.74, 6) is 1.39. The van der Waals surface area contributed by atoms with Gasteiger partial charge in [0.15, 0.2) is 0 Å². The zero-order valence-corrected chi connectivity index (χ0v) is 13.9. The molecule has 0 bridgehead atoms. The number of hydrogen-bond acceptors (Lipinski definition) is 6.